The van der Waals surface area contributed by atoms with Crippen molar-refractivity contribution in [3.63, 3.8) is 0 Å². The lowest BCUT2D eigenvalue weighted by molar-refractivity contribution is -0.605. The van der Waals surface area contributed by atoms with E-state index in [0.29, 0.717) is 29.2 Å². The van der Waals surface area contributed by atoms with Crippen molar-refractivity contribution in [1.29, 1.82) is 0 Å². The van der Waals surface area contributed by atoms with Crippen LogP contribution in [-0.4, -0.2) is 33.4 Å². The molecular weight excluding hydrogens is 396 g/mol. The number of amides is 2. The average molecular weight is 414 g/mol. The van der Waals surface area contributed by atoms with Crippen molar-refractivity contribution in [3.05, 3.63) is 94.7 Å². The van der Waals surface area contributed by atoms with Crippen LogP contribution in [0.4, 0.5) is 0 Å². The number of imide groups is 1. The van der Waals surface area contributed by atoms with Crippen molar-refractivity contribution >= 4 is 22.8 Å². The first-order chi connectivity index (χ1) is 15.0. The molecule has 0 radical (unpaired) electrons. The normalized spacial score (nSPS) is 13.1. The van der Waals surface area contributed by atoms with Crippen molar-refractivity contribution in [2.75, 3.05) is 7.11 Å². The van der Waals surface area contributed by atoms with Crippen LogP contribution in [-0.2, 0) is 13.1 Å². The topological polar surface area (TPSA) is 91.4 Å². The first-order valence-corrected chi connectivity index (χ1v) is 9.71. The summed E-state index contributed by atoms with van der Waals surface area (Å²) >= 11 is 0. The van der Waals surface area contributed by atoms with Gasteiger partial charge in [0, 0.05) is 24.7 Å². The van der Waals surface area contributed by atoms with Crippen LogP contribution in [0.15, 0.2) is 67.0 Å². The summed E-state index contributed by atoms with van der Waals surface area (Å²) in [5.74, 6) is 0.579. The molecule has 0 atom stereocenters. The summed E-state index contributed by atoms with van der Waals surface area (Å²) in [6.45, 7) is 0.459. The Labute approximate surface area is 177 Å². The number of hydrogen-bond acceptors (Lipinski definition) is 5. The van der Waals surface area contributed by atoms with Crippen molar-refractivity contribution in [2.24, 2.45) is 0 Å². The fourth-order valence-corrected chi connectivity index (χ4v) is 3.83. The smallest absolute Gasteiger partial charge is 0.261 e. The lowest BCUT2D eigenvalue weighted by Crippen LogP contribution is -2.30. The van der Waals surface area contributed by atoms with Gasteiger partial charge in [-0.2, -0.15) is 4.73 Å². The second-order valence-corrected chi connectivity index (χ2v) is 7.28. The van der Waals surface area contributed by atoms with Gasteiger partial charge in [-0.05, 0) is 29.8 Å². The summed E-state index contributed by atoms with van der Waals surface area (Å²) in [5, 5.41) is 11.4. The second kappa shape index (κ2) is 7.24. The molecule has 0 saturated heterocycles. The third-order valence-electron chi connectivity index (χ3n) is 5.42. The van der Waals surface area contributed by atoms with Gasteiger partial charge in [0.05, 0.1) is 35.8 Å². The third kappa shape index (κ3) is 3.18. The van der Waals surface area contributed by atoms with Crippen molar-refractivity contribution in [3.8, 4) is 5.75 Å². The van der Waals surface area contributed by atoms with Gasteiger partial charge in [0.1, 0.15) is 11.6 Å². The van der Waals surface area contributed by atoms with Gasteiger partial charge in [-0.15, -0.1) is 0 Å². The van der Waals surface area contributed by atoms with Crippen LogP contribution in [0.25, 0.3) is 11.0 Å². The zero-order chi connectivity index (χ0) is 21.5. The molecule has 3 heterocycles. The number of pyridine rings is 1. The molecule has 0 fully saturated rings. The number of nitrogens with zero attached hydrogens (tertiary/aromatic N) is 4. The molecule has 0 unspecified atom stereocenters. The molecular formula is C23H18N4O4. The molecule has 0 aliphatic carbocycles. The summed E-state index contributed by atoms with van der Waals surface area (Å²) in [4.78, 5) is 31.6. The van der Waals surface area contributed by atoms with E-state index in [4.69, 9.17) is 9.72 Å². The van der Waals surface area contributed by atoms with Gasteiger partial charge in [-0.3, -0.25) is 14.5 Å². The Kier molecular flexibility index (Phi) is 4.39. The fourth-order valence-electron chi connectivity index (χ4n) is 3.83. The summed E-state index contributed by atoms with van der Waals surface area (Å²) < 4.78 is 8.01. The van der Waals surface area contributed by atoms with E-state index in [9.17, 15) is 14.8 Å². The van der Waals surface area contributed by atoms with E-state index in [1.165, 1.54) is 17.3 Å². The minimum Gasteiger partial charge on any atom is -0.619 e. The summed E-state index contributed by atoms with van der Waals surface area (Å²) in [6.07, 6.45) is 2.86. The van der Waals surface area contributed by atoms with Crippen molar-refractivity contribution < 1.29 is 19.1 Å². The molecule has 1 aliphatic heterocycles. The molecule has 8 nitrogen and oxygen atoms in total. The van der Waals surface area contributed by atoms with Crippen LogP contribution in [0, 0.1) is 5.21 Å². The molecule has 154 valence electrons. The van der Waals surface area contributed by atoms with Gasteiger partial charge in [-0.1, -0.05) is 12.1 Å². The Morgan fingerprint density at radius 3 is 2.29 bits per heavy atom. The Bertz CT molecular complexity index is 1290. The summed E-state index contributed by atoms with van der Waals surface area (Å²) in [5.41, 5.74) is 3.23. The number of imidazole rings is 1. The summed E-state index contributed by atoms with van der Waals surface area (Å²) in [6, 6.07) is 15.8. The quantitative estimate of drug-likeness (QED) is 0.284. The maximum absolute atomic E-state index is 12.8. The Balaban J connectivity index is 1.57. The van der Waals surface area contributed by atoms with E-state index in [0.717, 1.165) is 21.3 Å². The van der Waals surface area contributed by atoms with Crippen molar-refractivity contribution in [2.45, 2.75) is 13.1 Å². The highest BCUT2D eigenvalue weighted by Crippen LogP contribution is 2.27. The van der Waals surface area contributed by atoms with Crippen LogP contribution in [0.3, 0.4) is 0 Å². The minimum absolute atomic E-state index is 0.0394. The fraction of sp³-hybridized carbons (Fsp3) is 0.130. The summed E-state index contributed by atoms with van der Waals surface area (Å²) in [7, 11) is 1.59. The number of hydrogen-bond donors (Lipinski definition) is 0. The van der Waals surface area contributed by atoms with Crippen LogP contribution in [0.2, 0.25) is 0 Å². The van der Waals surface area contributed by atoms with Crippen molar-refractivity contribution in [1.82, 2.24) is 14.5 Å². The number of carbonyl (C=O) groups excluding carboxylic acids is 2. The molecule has 2 amide bonds. The second-order valence-electron chi connectivity index (χ2n) is 7.28. The maximum atomic E-state index is 12.8. The monoisotopic (exact) mass is 414 g/mol. The molecule has 31 heavy (non-hydrogen) atoms. The highest BCUT2D eigenvalue weighted by atomic mass is 16.5. The number of methoxy groups -OCH3 is 1. The molecule has 0 N–H and O–H groups in total. The lowest BCUT2D eigenvalue weighted by atomic mass is 10.1. The third-order valence-corrected chi connectivity index (χ3v) is 5.42. The number of rotatable bonds is 5. The van der Waals surface area contributed by atoms with Gasteiger partial charge >= 0.3 is 0 Å². The first kappa shape index (κ1) is 18.8. The number of aromatic nitrogens is 3. The first-order valence-electron chi connectivity index (χ1n) is 9.71. The molecule has 5 rings (SSSR count). The number of carbonyl (C=O) groups is 2. The molecule has 8 heteroatoms. The van der Waals surface area contributed by atoms with Gasteiger partial charge in [0.25, 0.3) is 11.8 Å². The van der Waals surface area contributed by atoms with Crippen LogP contribution >= 0.6 is 0 Å². The molecule has 1 aliphatic rings. The number of ether oxygens (including phenoxy) is 1. The molecule has 0 spiro atoms. The standard InChI is InChI=1S/C23H18N4O4/c1-31-16-6-7-19-20(12-16)26(13-15-8-10-25(30)11-9-15)21(24-19)14-27-22(28)17-4-2-3-5-18(17)23(27)29/h2-12H,13-14H2,1H3. The number of benzene rings is 2. The molecule has 4 aromatic rings. The molecule has 0 saturated carbocycles. The Hall–Kier alpha value is -4.20. The largest absolute Gasteiger partial charge is 0.619 e. The van der Waals surface area contributed by atoms with E-state index in [1.807, 2.05) is 22.8 Å². The van der Waals surface area contributed by atoms with E-state index >= 15 is 0 Å². The van der Waals surface area contributed by atoms with Gasteiger partial charge in [0.15, 0.2) is 12.4 Å². The minimum atomic E-state index is -0.330. The highest BCUT2D eigenvalue weighted by molar-refractivity contribution is 6.21. The average Bonchev–Trinajstić information content (AvgIpc) is 3.25. The Morgan fingerprint density at radius 2 is 1.65 bits per heavy atom. The van der Waals surface area contributed by atoms with E-state index in [2.05, 4.69) is 0 Å². The van der Waals surface area contributed by atoms with E-state index in [-0.39, 0.29) is 18.4 Å². The molecule has 0 bridgehead atoms. The zero-order valence-corrected chi connectivity index (χ0v) is 16.7. The zero-order valence-electron chi connectivity index (χ0n) is 16.7. The van der Waals surface area contributed by atoms with E-state index < -0.39 is 0 Å². The highest BCUT2D eigenvalue weighted by Gasteiger charge is 2.36. The van der Waals surface area contributed by atoms with Gasteiger partial charge < -0.3 is 14.5 Å². The molecule has 2 aromatic heterocycles. The predicted molar refractivity (Wildman–Crippen MR) is 111 cm³/mol. The molecule has 2 aromatic carbocycles. The van der Waals surface area contributed by atoms with Gasteiger partial charge in [-0.25, -0.2) is 4.98 Å². The number of fused-ring (bicyclic) bond motifs is 2. The van der Waals surface area contributed by atoms with E-state index in [1.54, 1.807) is 43.5 Å². The Morgan fingerprint density at radius 1 is 0.968 bits per heavy atom. The maximum Gasteiger partial charge on any atom is 0.261 e. The van der Waals surface area contributed by atoms with Crippen LogP contribution in [0.1, 0.15) is 32.1 Å². The van der Waals surface area contributed by atoms with Crippen LogP contribution < -0.4 is 9.47 Å². The predicted octanol–water partition coefficient (Wildman–Crippen LogP) is 2.52. The van der Waals surface area contributed by atoms with Crippen LogP contribution in [0.5, 0.6) is 5.75 Å². The SMILES string of the molecule is COc1ccc2nc(CN3C(=O)c4ccccc4C3=O)n(Cc3cc[n+]([O-])cc3)c2c1. The lowest BCUT2D eigenvalue weighted by Gasteiger charge is -2.15. The van der Waals surface area contributed by atoms with Gasteiger partial charge in [0.2, 0.25) is 0 Å².